The quantitative estimate of drug-likeness (QED) is 0.148. The molecule has 2 aliphatic heterocycles. The van der Waals surface area contributed by atoms with Crippen LogP contribution < -0.4 is 16.0 Å². The van der Waals surface area contributed by atoms with Gasteiger partial charge in [0.05, 0.1) is 38.4 Å². The van der Waals surface area contributed by atoms with E-state index < -0.39 is 11.9 Å². The molecule has 41 heavy (non-hydrogen) atoms. The Hall–Kier alpha value is -4.09. The van der Waals surface area contributed by atoms with Crippen LogP contribution in [-0.2, 0) is 30.3 Å². The number of aromatic nitrogens is 2. The van der Waals surface area contributed by atoms with Crippen molar-refractivity contribution in [3.8, 4) is 12.3 Å². The zero-order valence-electron chi connectivity index (χ0n) is 22.3. The summed E-state index contributed by atoms with van der Waals surface area (Å²) in [4.78, 5) is 48.5. The fourth-order valence-corrected chi connectivity index (χ4v) is 5.39. The van der Waals surface area contributed by atoms with E-state index in [9.17, 15) is 14.4 Å². The number of anilines is 3. The highest BCUT2D eigenvalue weighted by molar-refractivity contribution is 7.16. The van der Waals surface area contributed by atoms with Gasteiger partial charge in [0.1, 0.15) is 23.3 Å². The van der Waals surface area contributed by atoms with E-state index in [-0.39, 0.29) is 24.8 Å². The topological polar surface area (TPSA) is 144 Å². The van der Waals surface area contributed by atoms with Crippen LogP contribution in [0.2, 0.25) is 0 Å². The molecule has 1 atom stereocenters. The van der Waals surface area contributed by atoms with Crippen LogP contribution in [0.1, 0.15) is 28.8 Å². The number of imide groups is 1. The first-order valence-corrected chi connectivity index (χ1v) is 14.1. The first kappa shape index (κ1) is 28.4. The number of terminal acetylenes is 1. The average Bonchev–Trinajstić information content (AvgIpc) is 3.56. The summed E-state index contributed by atoms with van der Waals surface area (Å²) in [6, 6.07) is 6.76. The Morgan fingerprint density at radius 3 is 2.68 bits per heavy atom. The summed E-state index contributed by atoms with van der Waals surface area (Å²) in [7, 11) is 0. The Bertz CT molecular complexity index is 1470. The van der Waals surface area contributed by atoms with Crippen molar-refractivity contribution < 1.29 is 28.6 Å². The predicted molar refractivity (Wildman–Crippen MR) is 153 cm³/mol. The van der Waals surface area contributed by atoms with E-state index in [1.165, 1.54) is 16.2 Å². The molecule has 0 radical (unpaired) electrons. The summed E-state index contributed by atoms with van der Waals surface area (Å²) < 4.78 is 16.1. The van der Waals surface area contributed by atoms with Crippen LogP contribution in [0.15, 0.2) is 29.6 Å². The fourth-order valence-electron chi connectivity index (χ4n) is 4.62. The molecule has 1 aromatic carbocycles. The number of carbonyl (C=O) groups excluding carboxylic acids is 3. The van der Waals surface area contributed by atoms with Crippen molar-refractivity contribution in [3.63, 3.8) is 0 Å². The number of rotatable bonds is 14. The zero-order chi connectivity index (χ0) is 28.6. The van der Waals surface area contributed by atoms with Crippen molar-refractivity contribution >= 4 is 56.7 Å². The third kappa shape index (κ3) is 6.98. The number of fused-ring (bicyclic) bond motifs is 2. The second-order valence-electron chi connectivity index (χ2n) is 9.34. The van der Waals surface area contributed by atoms with Crippen LogP contribution in [0, 0.1) is 12.3 Å². The molecule has 2 aromatic heterocycles. The summed E-state index contributed by atoms with van der Waals surface area (Å²) in [5, 5.41) is 11.7. The van der Waals surface area contributed by atoms with Gasteiger partial charge in [-0.2, -0.15) is 4.98 Å². The molecule has 13 heteroatoms. The van der Waals surface area contributed by atoms with E-state index in [1.54, 1.807) is 6.07 Å². The number of carbonyl (C=O) groups is 3. The third-order valence-electron chi connectivity index (χ3n) is 6.57. The van der Waals surface area contributed by atoms with Crippen LogP contribution in [0.3, 0.4) is 0 Å². The molecular weight excluding hydrogens is 548 g/mol. The summed E-state index contributed by atoms with van der Waals surface area (Å²) in [5.41, 5.74) is 2.11. The maximum Gasteiger partial charge on any atom is 0.255 e. The van der Waals surface area contributed by atoms with Crippen LogP contribution in [0.5, 0.6) is 0 Å². The van der Waals surface area contributed by atoms with Gasteiger partial charge in [0, 0.05) is 30.8 Å². The molecule has 3 N–H and O–H groups in total. The van der Waals surface area contributed by atoms with Crippen LogP contribution in [0.4, 0.5) is 17.5 Å². The first-order valence-electron chi connectivity index (χ1n) is 13.2. The lowest BCUT2D eigenvalue weighted by Crippen LogP contribution is -2.52. The third-order valence-corrected chi connectivity index (χ3v) is 7.38. The van der Waals surface area contributed by atoms with Gasteiger partial charge in [-0.25, -0.2) is 4.98 Å². The summed E-state index contributed by atoms with van der Waals surface area (Å²) in [6.45, 7) is 3.37. The molecule has 3 aromatic rings. The van der Waals surface area contributed by atoms with Gasteiger partial charge in [0.25, 0.3) is 5.91 Å². The van der Waals surface area contributed by atoms with Gasteiger partial charge < -0.3 is 29.7 Å². The highest BCUT2D eigenvalue weighted by atomic mass is 32.1. The molecule has 1 saturated heterocycles. The van der Waals surface area contributed by atoms with Gasteiger partial charge in [0.2, 0.25) is 17.8 Å². The standard InChI is InChI=1S/C28H30N6O6S/c1-2-9-38-11-13-40-14-12-39-10-8-29-28-32-24(21-7-15-41-26(21)33-28)30-19-3-4-20-18(16-19)17-34(27(20)37)22-5-6-23(35)31-25(22)36/h1,3-4,7,15-16,22H,5-6,8-14,17H2,(H,31,35,36)(H2,29,30,32,33). The van der Waals surface area contributed by atoms with Crippen LogP contribution in [-0.4, -0.2) is 84.8 Å². The largest absolute Gasteiger partial charge is 0.377 e. The molecule has 0 aliphatic carbocycles. The Morgan fingerprint density at radius 2 is 1.88 bits per heavy atom. The molecule has 5 rings (SSSR count). The number of piperidine rings is 1. The fraction of sp³-hybridized carbons (Fsp3) is 0.393. The molecule has 1 fully saturated rings. The van der Waals surface area contributed by atoms with Gasteiger partial charge in [-0.05, 0) is 41.6 Å². The van der Waals surface area contributed by atoms with E-state index in [0.717, 1.165) is 21.5 Å². The summed E-state index contributed by atoms with van der Waals surface area (Å²) in [6.07, 6.45) is 5.66. The van der Waals surface area contributed by atoms with Gasteiger partial charge in [0.15, 0.2) is 0 Å². The van der Waals surface area contributed by atoms with Gasteiger partial charge in [-0.15, -0.1) is 17.8 Å². The van der Waals surface area contributed by atoms with Crippen molar-refractivity contribution in [1.29, 1.82) is 0 Å². The maximum absolute atomic E-state index is 13.0. The molecule has 12 nitrogen and oxygen atoms in total. The molecule has 214 valence electrons. The van der Waals surface area contributed by atoms with Crippen molar-refractivity contribution in [2.75, 3.05) is 56.8 Å². The van der Waals surface area contributed by atoms with E-state index in [2.05, 4.69) is 31.8 Å². The summed E-state index contributed by atoms with van der Waals surface area (Å²) >= 11 is 1.51. The van der Waals surface area contributed by atoms with E-state index >= 15 is 0 Å². The van der Waals surface area contributed by atoms with Crippen molar-refractivity contribution in [1.82, 2.24) is 20.2 Å². The molecular formula is C28H30N6O6S. The number of nitrogens with one attached hydrogen (secondary N) is 3. The number of amides is 3. The van der Waals surface area contributed by atoms with Gasteiger partial charge in [-0.3, -0.25) is 19.7 Å². The minimum atomic E-state index is -0.653. The SMILES string of the molecule is C#CCOCCOCCOCCNc1nc(Nc2ccc3c(c2)CN(C2CCC(=O)NC2=O)C3=O)c2ccsc2n1. The maximum atomic E-state index is 13.0. The Kier molecular flexibility index (Phi) is 9.37. The van der Waals surface area contributed by atoms with Gasteiger partial charge in [-0.1, -0.05) is 5.92 Å². The second-order valence-corrected chi connectivity index (χ2v) is 10.2. The number of ether oxygens (including phenoxy) is 3. The molecule has 3 amide bonds. The number of benzene rings is 1. The lowest BCUT2D eigenvalue weighted by atomic mass is 10.0. The van der Waals surface area contributed by atoms with E-state index in [0.29, 0.717) is 69.9 Å². The Morgan fingerprint density at radius 1 is 1.07 bits per heavy atom. The van der Waals surface area contributed by atoms with Crippen LogP contribution >= 0.6 is 11.3 Å². The molecule has 1 unspecified atom stereocenters. The highest BCUT2D eigenvalue weighted by Crippen LogP contribution is 2.32. The van der Waals surface area contributed by atoms with E-state index in [4.69, 9.17) is 20.6 Å². The Labute approximate surface area is 240 Å². The smallest absolute Gasteiger partial charge is 0.255 e. The normalized spacial score (nSPS) is 16.5. The minimum absolute atomic E-state index is 0.211. The molecule has 4 heterocycles. The molecule has 2 aliphatic rings. The van der Waals surface area contributed by atoms with Crippen LogP contribution in [0.25, 0.3) is 10.2 Å². The molecule has 0 spiro atoms. The van der Waals surface area contributed by atoms with Gasteiger partial charge >= 0.3 is 0 Å². The second kappa shape index (κ2) is 13.5. The first-order chi connectivity index (χ1) is 20.0. The Balaban J connectivity index is 1.16. The minimum Gasteiger partial charge on any atom is -0.377 e. The van der Waals surface area contributed by atoms with Crippen molar-refractivity contribution in [2.24, 2.45) is 0 Å². The highest BCUT2D eigenvalue weighted by Gasteiger charge is 2.39. The van der Waals surface area contributed by atoms with Crippen molar-refractivity contribution in [3.05, 3.63) is 40.8 Å². The zero-order valence-corrected chi connectivity index (χ0v) is 23.1. The van der Waals surface area contributed by atoms with E-state index in [1.807, 2.05) is 23.6 Å². The molecule has 0 saturated carbocycles. The summed E-state index contributed by atoms with van der Waals surface area (Å²) in [5.74, 6) is 2.55. The lowest BCUT2D eigenvalue weighted by Gasteiger charge is -2.29. The number of hydrogen-bond donors (Lipinski definition) is 3. The van der Waals surface area contributed by atoms with Crippen molar-refractivity contribution in [2.45, 2.75) is 25.4 Å². The monoisotopic (exact) mass is 578 g/mol. The predicted octanol–water partition coefficient (Wildman–Crippen LogP) is 2.29. The number of hydrogen-bond acceptors (Lipinski definition) is 11. The molecule has 0 bridgehead atoms. The number of thiophene rings is 1. The lowest BCUT2D eigenvalue weighted by molar-refractivity contribution is -0.136. The number of nitrogens with zero attached hydrogens (tertiary/aromatic N) is 3. The average molecular weight is 579 g/mol.